The number of fused-ring (bicyclic) bond motifs is 1. The molecule has 4 rings (SSSR count). The molecule has 0 radical (unpaired) electrons. The highest BCUT2D eigenvalue weighted by Crippen LogP contribution is 2.31. The summed E-state index contributed by atoms with van der Waals surface area (Å²) >= 11 is 3.49. The first-order chi connectivity index (χ1) is 15.8. The highest BCUT2D eigenvalue weighted by atomic mass is 79.9. The molecule has 0 saturated carbocycles. The lowest BCUT2D eigenvalue weighted by molar-refractivity contribution is -0.142. The highest BCUT2D eigenvalue weighted by molar-refractivity contribution is 9.10. The van der Waals surface area contributed by atoms with Crippen LogP contribution in [0.5, 0.6) is 0 Å². The molecule has 4 aromatic rings. The fourth-order valence-electron chi connectivity index (χ4n) is 3.95. The van der Waals surface area contributed by atoms with E-state index in [0.717, 1.165) is 21.3 Å². The summed E-state index contributed by atoms with van der Waals surface area (Å²) in [4.78, 5) is 30.5. The van der Waals surface area contributed by atoms with Crippen LogP contribution in [0.1, 0.15) is 28.4 Å². The fraction of sp³-hybridized carbons (Fsp3) is 0.148. The summed E-state index contributed by atoms with van der Waals surface area (Å²) in [5.41, 5.74) is 2.91. The van der Waals surface area contributed by atoms with Gasteiger partial charge in [-0.05, 0) is 43.2 Å². The van der Waals surface area contributed by atoms with Gasteiger partial charge in [-0.2, -0.15) is 0 Å². The number of nitrogens with zero attached hydrogens (tertiary/aromatic N) is 1. The summed E-state index contributed by atoms with van der Waals surface area (Å²) in [6.45, 7) is 3.44. The van der Waals surface area contributed by atoms with Crippen LogP contribution < -0.4 is 5.32 Å². The van der Waals surface area contributed by atoms with Gasteiger partial charge in [-0.3, -0.25) is 9.59 Å². The van der Waals surface area contributed by atoms with Crippen LogP contribution in [0, 0.1) is 6.92 Å². The molecule has 3 aromatic carbocycles. The summed E-state index contributed by atoms with van der Waals surface area (Å²) in [7, 11) is 0. The Bertz CT molecular complexity index is 1340. The standard InChI is InChI=1S/C27H23BrN2O3/c1-17-23(25(31)29-16-27(2,26(32)33)19-11-7-4-8-12-19)21-15-20(28)13-14-22(21)30-24(17)18-9-5-3-6-10-18/h3-15H,16H2,1-2H3,(H,29,31)(H,32,33)/t27-/m0/s1. The highest BCUT2D eigenvalue weighted by Gasteiger charge is 2.36. The van der Waals surface area contributed by atoms with E-state index in [4.69, 9.17) is 4.98 Å². The van der Waals surface area contributed by atoms with Gasteiger partial charge in [-0.25, -0.2) is 4.98 Å². The average Bonchev–Trinajstić information content (AvgIpc) is 2.83. The molecule has 166 valence electrons. The van der Waals surface area contributed by atoms with E-state index in [-0.39, 0.29) is 12.5 Å². The Hall–Kier alpha value is -3.51. The van der Waals surface area contributed by atoms with Crippen LogP contribution in [-0.4, -0.2) is 28.5 Å². The Morgan fingerprint density at radius 3 is 2.27 bits per heavy atom. The number of hydrogen-bond donors (Lipinski definition) is 2. The van der Waals surface area contributed by atoms with E-state index in [1.54, 1.807) is 31.2 Å². The monoisotopic (exact) mass is 502 g/mol. The minimum atomic E-state index is -1.27. The van der Waals surface area contributed by atoms with Gasteiger partial charge in [0.25, 0.3) is 5.91 Å². The summed E-state index contributed by atoms with van der Waals surface area (Å²) in [5.74, 6) is -1.34. The van der Waals surface area contributed by atoms with Crippen LogP contribution in [0.3, 0.4) is 0 Å². The van der Waals surface area contributed by atoms with Crippen molar-refractivity contribution in [1.29, 1.82) is 0 Å². The second kappa shape index (κ2) is 9.16. The van der Waals surface area contributed by atoms with Gasteiger partial charge in [0.2, 0.25) is 0 Å². The maximum absolute atomic E-state index is 13.5. The van der Waals surface area contributed by atoms with E-state index in [0.29, 0.717) is 22.0 Å². The van der Waals surface area contributed by atoms with Crippen molar-refractivity contribution in [3.05, 3.63) is 100 Å². The van der Waals surface area contributed by atoms with Gasteiger partial charge < -0.3 is 10.4 Å². The topological polar surface area (TPSA) is 79.3 Å². The van der Waals surface area contributed by atoms with Crippen molar-refractivity contribution in [1.82, 2.24) is 10.3 Å². The summed E-state index contributed by atoms with van der Waals surface area (Å²) < 4.78 is 0.831. The van der Waals surface area contributed by atoms with Crippen molar-refractivity contribution >= 4 is 38.7 Å². The van der Waals surface area contributed by atoms with Gasteiger partial charge in [0, 0.05) is 22.0 Å². The molecule has 0 aliphatic carbocycles. The van der Waals surface area contributed by atoms with Crippen LogP contribution in [0.15, 0.2) is 83.3 Å². The van der Waals surface area contributed by atoms with Crippen molar-refractivity contribution in [3.8, 4) is 11.3 Å². The molecule has 1 aromatic heterocycles. The lowest BCUT2D eigenvalue weighted by atomic mass is 9.82. The minimum absolute atomic E-state index is 0.0525. The number of hydrogen-bond acceptors (Lipinski definition) is 3. The molecular weight excluding hydrogens is 480 g/mol. The zero-order chi connectivity index (χ0) is 23.6. The molecule has 0 aliphatic heterocycles. The Balaban J connectivity index is 1.78. The molecule has 0 saturated heterocycles. The van der Waals surface area contributed by atoms with Gasteiger partial charge in [-0.1, -0.05) is 76.6 Å². The summed E-state index contributed by atoms with van der Waals surface area (Å²) in [5, 5.41) is 13.5. The first-order valence-electron chi connectivity index (χ1n) is 10.5. The third-order valence-electron chi connectivity index (χ3n) is 5.95. The molecule has 0 spiro atoms. The molecule has 1 heterocycles. The van der Waals surface area contributed by atoms with Gasteiger partial charge in [0.05, 0.1) is 16.8 Å². The molecule has 0 aliphatic rings. The van der Waals surface area contributed by atoms with Gasteiger partial charge in [0.1, 0.15) is 5.41 Å². The normalized spacial score (nSPS) is 12.8. The summed E-state index contributed by atoms with van der Waals surface area (Å²) in [6, 6.07) is 24.3. The van der Waals surface area contributed by atoms with E-state index in [1.807, 2.05) is 61.5 Å². The molecule has 0 fully saturated rings. The molecule has 5 nitrogen and oxygen atoms in total. The third-order valence-corrected chi connectivity index (χ3v) is 6.44. The number of carbonyl (C=O) groups excluding carboxylic acids is 1. The number of carboxylic acid groups (broad SMARTS) is 1. The van der Waals surface area contributed by atoms with Crippen molar-refractivity contribution in [2.24, 2.45) is 0 Å². The zero-order valence-electron chi connectivity index (χ0n) is 18.3. The molecular formula is C27H23BrN2O3. The Kier molecular flexibility index (Phi) is 6.29. The first-order valence-corrected chi connectivity index (χ1v) is 11.3. The van der Waals surface area contributed by atoms with E-state index < -0.39 is 11.4 Å². The Morgan fingerprint density at radius 2 is 1.64 bits per heavy atom. The number of aromatic nitrogens is 1. The number of rotatable bonds is 6. The number of aliphatic carboxylic acids is 1. The quantitative estimate of drug-likeness (QED) is 0.352. The molecule has 0 unspecified atom stereocenters. The predicted molar refractivity (Wildman–Crippen MR) is 133 cm³/mol. The maximum Gasteiger partial charge on any atom is 0.315 e. The number of carbonyl (C=O) groups is 2. The predicted octanol–water partition coefficient (Wildman–Crippen LogP) is 5.75. The molecule has 1 atom stereocenters. The van der Waals surface area contributed by atoms with Crippen molar-refractivity contribution in [2.45, 2.75) is 19.3 Å². The largest absolute Gasteiger partial charge is 0.481 e. The van der Waals surface area contributed by atoms with Gasteiger partial charge in [-0.15, -0.1) is 0 Å². The van der Waals surface area contributed by atoms with Crippen molar-refractivity contribution < 1.29 is 14.7 Å². The lowest BCUT2D eigenvalue weighted by Gasteiger charge is -2.26. The zero-order valence-corrected chi connectivity index (χ0v) is 19.9. The fourth-order valence-corrected chi connectivity index (χ4v) is 4.31. The molecule has 33 heavy (non-hydrogen) atoms. The molecule has 2 N–H and O–H groups in total. The Morgan fingerprint density at radius 1 is 1.00 bits per heavy atom. The van der Waals surface area contributed by atoms with Crippen molar-refractivity contribution in [3.63, 3.8) is 0 Å². The Labute approximate surface area is 200 Å². The second-order valence-corrected chi connectivity index (χ2v) is 9.09. The molecule has 0 bridgehead atoms. The van der Waals surface area contributed by atoms with Crippen LogP contribution in [-0.2, 0) is 10.2 Å². The van der Waals surface area contributed by atoms with Gasteiger partial charge >= 0.3 is 5.97 Å². The number of benzene rings is 3. The van der Waals surface area contributed by atoms with Crippen LogP contribution in [0.4, 0.5) is 0 Å². The number of nitrogens with one attached hydrogen (secondary N) is 1. The molecule has 1 amide bonds. The van der Waals surface area contributed by atoms with Crippen LogP contribution in [0.25, 0.3) is 22.2 Å². The van der Waals surface area contributed by atoms with E-state index in [9.17, 15) is 14.7 Å². The van der Waals surface area contributed by atoms with Crippen LogP contribution >= 0.6 is 15.9 Å². The smallest absolute Gasteiger partial charge is 0.315 e. The summed E-state index contributed by atoms with van der Waals surface area (Å²) in [6.07, 6.45) is 0. The number of carboxylic acids is 1. The maximum atomic E-state index is 13.5. The van der Waals surface area contributed by atoms with Crippen LogP contribution in [0.2, 0.25) is 0 Å². The van der Waals surface area contributed by atoms with E-state index in [2.05, 4.69) is 21.2 Å². The van der Waals surface area contributed by atoms with Crippen molar-refractivity contribution in [2.75, 3.05) is 6.54 Å². The number of amides is 1. The average molecular weight is 503 g/mol. The number of pyridine rings is 1. The SMILES string of the molecule is Cc1c(-c2ccccc2)nc2ccc(Br)cc2c1C(=O)NC[C@](C)(C(=O)O)c1ccccc1. The first kappa shape index (κ1) is 22.7. The van der Waals surface area contributed by atoms with Gasteiger partial charge in [0.15, 0.2) is 0 Å². The van der Waals surface area contributed by atoms with E-state index >= 15 is 0 Å². The lowest BCUT2D eigenvalue weighted by Crippen LogP contribution is -2.44. The molecule has 6 heteroatoms. The third kappa shape index (κ3) is 4.39. The minimum Gasteiger partial charge on any atom is -0.481 e. The number of halogens is 1. The van der Waals surface area contributed by atoms with E-state index in [1.165, 1.54) is 0 Å². The second-order valence-electron chi connectivity index (χ2n) is 8.17.